The zero-order valence-corrected chi connectivity index (χ0v) is 13.2. The molecule has 0 aliphatic heterocycles. The minimum atomic E-state index is -4.66. The van der Waals surface area contributed by atoms with Gasteiger partial charge in [-0.2, -0.15) is 18.2 Å². The summed E-state index contributed by atoms with van der Waals surface area (Å²) in [6.07, 6.45) is -5.09. The number of hydrogen-bond acceptors (Lipinski definition) is 6. The molecule has 0 bridgehead atoms. The van der Waals surface area contributed by atoms with E-state index in [0.29, 0.717) is 0 Å². The van der Waals surface area contributed by atoms with Crippen molar-refractivity contribution in [2.24, 2.45) is 0 Å². The quantitative estimate of drug-likeness (QED) is 0.746. The van der Waals surface area contributed by atoms with E-state index in [-0.39, 0.29) is 17.3 Å². The topological polar surface area (TPSA) is 74.5 Å². The Morgan fingerprint density at radius 2 is 2.08 bits per heavy atom. The molecule has 0 unspecified atom stereocenters. The molecule has 1 aromatic carbocycles. The van der Waals surface area contributed by atoms with Crippen LogP contribution in [0.4, 0.5) is 13.2 Å². The van der Waals surface area contributed by atoms with Gasteiger partial charge in [0.05, 0.1) is 11.1 Å². The molecule has 1 aromatic heterocycles. The van der Waals surface area contributed by atoms with Gasteiger partial charge in [0.15, 0.2) is 18.2 Å². The molecule has 9 heteroatoms. The van der Waals surface area contributed by atoms with Crippen LogP contribution < -0.4 is 4.74 Å². The lowest BCUT2D eigenvalue weighted by atomic mass is 10.1. The van der Waals surface area contributed by atoms with Crippen LogP contribution in [0, 0.1) is 0 Å². The summed E-state index contributed by atoms with van der Waals surface area (Å²) in [7, 11) is 1.45. The smallest absolute Gasteiger partial charge is 0.419 e. The van der Waals surface area contributed by atoms with E-state index in [4.69, 9.17) is 14.0 Å². The van der Waals surface area contributed by atoms with Crippen molar-refractivity contribution in [1.82, 2.24) is 10.1 Å². The monoisotopic (exact) mass is 344 g/mol. The van der Waals surface area contributed by atoms with Crippen LogP contribution in [0.15, 0.2) is 22.7 Å². The first-order valence-electron chi connectivity index (χ1n) is 6.93. The van der Waals surface area contributed by atoms with E-state index < -0.39 is 36.0 Å². The Morgan fingerprint density at radius 3 is 2.67 bits per heavy atom. The molecule has 0 saturated heterocycles. The lowest BCUT2D eigenvalue weighted by Gasteiger charge is -2.15. The van der Waals surface area contributed by atoms with E-state index in [1.807, 2.05) is 0 Å². The van der Waals surface area contributed by atoms with Gasteiger partial charge in [-0.05, 0) is 26.0 Å². The van der Waals surface area contributed by atoms with E-state index in [0.717, 1.165) is 19.1 Å². The SMILES string of the molecule is CO[C@@H](C)c1noc(COc2c(C(C)=O)cccc2C(F)(F)F)n1. The molecule has 0 amide bonds. The first kappa shape index (κ1) is 17.9. The third-order valence-electron chi connectivity index (χ3n) is 3.24. The number of methoxy groups -OCH3 is 1. The van der Waals surface area contributed by atoms with E-state index in [1.54, 1.807) is 6.92 Å². The number of para-hydroxylation sites is 1. The Hall–Kier alpha value is -2.42. The first-order chi connectivity index (χ1) is 11.2. The van der Waals surface area contributed by atoms with Crippen molar-refractivity contribution in [3.63, 3.8) is 0 Å². The molecule has 0 N–H and O–H groups in total. The number of ketones is 1. The van der Waals surface area contributed by atoms with Crippen molar-refractivity contribution >= 4 is 5.78 Å². The van der Waals surface area contributed by atoms with Crippen LogP contribution in [-0.2, 0) is 17.5 Å². The maximum Gasteiger partial charge on any atom is 0.419 e. The maximum atomic E-state index is 13.1. The van der Waals surface area contributed by atoms with E-state index in [9.17, 15) is 18.0 Å². The van der Waals surface area contributed by atoms with Gasteiger partial charge < -0.3 is 14.0 Å². The molecule has 1 atom stereocenters. The summed E-state index contributed by atoms with van der Waals surface area (Å²) in [5.41, 5.74) is -1.21. The summed E-state index contributed by atoms with van der Waals surface area (Å²) >= 11 is 0. The molecule has 24 heavy (non-hydrogen) atoms. The van der Waals surface area contributed by atoms with Gasteiger partial charge in [0.25, 0.3) is 5.89 Å². The normalized spacial score (nSPS) is 12.9. The molecular weight excluding hydrogens is 329 g/mol. The average Bonchev–Trinajstić information content (AvgIpc) is 2.99. The summed E-state index contributed by atoms with van der Waals surface area (Å²) in [4.78, 5) is 15.5. The molecule has 0 aliphatic rings. The minimum Gasteiger partial charge on any atom is -0.482 e. The van der Waals surface area contributed by atoms with Crippen molar-refractivity contribution in [3.8, 4) is 5.75 Å². The summed E-state index contributed by atoms with van der Waals surface area (Å²) in [5, 5.41) is 3.65. The number of carbonyl (C=O) groups excluding carboxylic acids is 1. The Morgan fingerprint density at radius 1 is 1.38 bits per heavy atom. The summed E-state index contributed by atoms with van der Waals surface area (Å²) < 4.78 is 54.4. The van der Waals surface area contributed by atoms with Crippen LogP contribution >= 0.6 is 0 Å². The van der Waals surface area contributed by atoms with Gasteiger partial charge in [0.2, 0.25) is 0 Å². The molecule has 6 nitrogen and oxygen atoms in total. The lowest BCUT2D eigenvalue weighted by Crippen LogP contribution is -2.12. The summed E-state index contributed by atoms with van der Waals surface area (Å²) in [6.45, 7) is 2.44. The number of rotatable bonds is 6. The highest BCUT2D eigenvalue weighted by Crippen LogP contribution is 2.38. The van der Waals surface area contributed by atoms with Crippen LogP contribution in [0.3, 0.4) is 0 Å². The van der Waals surface area contributed by atoms with Crippen molar-refractivity contribution in [2.75, 3.05) is 7.11 Å². The van der Waals surface area contributed by atoms with E-state index in [2.05, 4.69) is 10.1 Å². The molecule has 1 heterocycles. The van der Waals surface area contributed by atoms with Crippen molar-refractivity contribution in [1.29, 1.82) is 0 Å². The molecule has 0 fully saturated rings. The number of hydrogen-bond donors (Lipinski definition) is 0. The van der Waals surface area contributed by atoms with Crippen LogP contribution in [0.25, 0.3) is 0 Å². The second-order valence-corrected chi connectivity index (χ2v) is 4.95. The Balaban J connectivity index is 2.28. The fraction of sp³-hybridized carbons (Fsp3) is 0.400. The van der Waals surface area contributed by atoms with Gasteiger partial charge in [-0.15, -0.1) is 0 Å². The molecule has 2 rings (SSSR count). The van der Waals surface area contributed by atoms with E-state index in [1.165, 1.54) is 13.2 Å². The number of halogens is 3. The number of Topliss-reactive ketones (excluding diaryl/α,β-unsaturated/α-hetero) is 1. The van der Waals surface area contributed by atoms with Crippen LogP contribution in [0.2, 0.25) is 0 Å². The molecule has 130 valence electrons. The predicted molar refractivity (Wildman–Crippen MR) is 75.5 cm³/mol. The zero-order valence-electron chi connectivity index (χ0n) is 13.2. The summed E-state index contributed by atoms with van der Waals surface area (Å²) in [6, 6.07) is 3.25. The molecule has 0 aliphatic carbocycles. The minimum absolute atomic E-state index is 0.0274. The fourth-order valence-electron chi connectivity index (χ4n) is 1.92. The second-order valence-electron chi connectivity index (χ2n) is 4.95. The van der Waals surface area contributed by atoms with Crippen LogP contribution in [0.1, 0.15) is 47.6 Å². The highest BCUT2D eigenvalue weighted by atomic mass is 19.4. The Bertz CT molecular complexity index is 728. The highest BCUT2D eigenvalue weighted by Gasteiger charge is 2.36. The van der Waals surface area contributed by atoms with Crippen molar-refractivity contribution in [2.45, 2.75) is 32.7 Å². The van der Waals surface area contributed by atoms with Gasteiger partial charge >= 0.3 is 6.18 Å². The molecular formula is C15H15F3N2O4. The number of nitrogens with zero attached hydrogens (tertiary/aromatic N) is 2. The molecule has 0 radical (unpaired) electrons. The number of carbonyl (C=O) groups is 1. The number of benzene rings is 1. The lowest BCUT2D eigenvalue weighted by molar-refractivity contribution is -0.139. The Kier molecular flexibility index (Phi) is 5.23. The standard InChI is InChI=1S/C15H15F3N2O4/c1-8(21)10-5-4-6-11(15(16,17)18)13(10)23-7-12-19-14(20-24-12)9(2)22-3/h4-6,9H,7H2,1-3H3/t9-/m0/s1. The number of ether oxygens (including phenoxy) is 2. The third kappa shape index (κ3) is 3.91. The number of aromatic nitrogens is 2. The highest BCUT2D eigenvalue weighted by molar-refractivity contribution is 5.97. The van der Waals surface area contributed by atoms with Gasteiger partial charge in [0.1, 0.15) is 11.9 Å². The van der Waals surface area contributed by atoms with Gasteiger partial charge in [-0.25, -0.2) is 0 Å². The molecule has 2 aromatic rings. The Labute approximate surface area is 135 Å². The van der Waals surface area contributed by atoms with Crippen LogP contribution in [-0.4, -0.2) is 23.0 Å². The first-order valence-corrected chi connectivity index (χ1v) is 6.93. The van der Waals surface area contributed by atoms with E-state index >= 15 is 0 Å². The van der Waals surface area contributed by atoms with Gasteiger partial charge in [-0.1, -0.05) is 11.2 Å². The van der Waals surface area contributed by atoms with Crippen LogP contribution in [0.5, 0.6) is 5.75 Å². The second kappa shape index (κ2) is 7.00. The average molecular weight is 344 g/mol. The van der Waals surface area contributed by atoms with Crippen molar-refractivity contribution < 1.29 is 32.0 Å². The maximum absolute atomic E-state index is 13.1. The van der Waals surface area contributed by atoms with Gasteiger partial charge in [0, 0.05) is 7.11 Å². The number of alkyl halides is 3. The molecule has 0 spiro atoms. The largest absolute Gasteiger partial charge is 0.482 e. The third-order valence-corrected chi connectivity index (χ3v) is 3.24. The fourth-order valence-corrected chi connectivity index (χ4v) is 1.92. The van der Waals surface area contributed by atoms with Crippen molar-refractivity contribution in [3.05, 3.63) is 41.0 Å². The van der Waals surface area contributed by atoms with Gasteiger partial charge in [-0.3, -0.25) is 4.79 Å². The summed E-state index contributed by atoms with van der Waals surface area (Å²) in [5.74, 6) is -0.889. The predicted octanol–water partition coefficient (Wildman–Crippen LogP) is 3.58. The zero-order chi connectivity index (χ0) is 17.9. The molecule has 0 saturated carbocycles.